The molecule has 1 aromatic carbocycles. The van der Waals surface area contributed by atoms with Gasteiger partial charge in [-0.3, -0.25) is 4.90 Å². The predicted molar refractivity (Wildman–Crippen MR) is 105 cm³/mol. The average Bonchev–Trinajstić information content (AvgIpc) is 3.17. The minimum atomic E-state index is -0.311. The number of hydrogen-bond acceptors (Lipinski definition) is 3. The van der Waals surface area contributed by atoms with Crippen LogP contribution in [0.5, 0.6) is 0 Å². The first kappa shape index (κ1) is 21.3. The Kier molecular flexibility index (Phi) is 6.47. The van der Waals surface area contributed by atoms with Gasteiger partial charge < -0.3 is 26.2 Å². The highest BCUT2D eigenvalue weighted by Crippen LogP contribution is 2.40. The average molecular weight is 469 g/mol. The Morgan fingerprint density at radius 2 is 1.82 bits per heavy atom. The van der Waals surface area contributed by atoms with E-state index in [0.717, 1.165) is 28.6 Å². The van der Waals surface area contributed by atoms with E-state index in [1.54, 1.807) is 28.4 Å². The molecule has 0 saturated carbocycles. The summed E-state index contributed by atoms with van der Waals surface area (Å²) in [6.45, 7) is 0.372. The number of benzene rings is 1. The number of halogens is 2. The Bertz CT molecular complexity index is 781. The number of rotatable bonds is 4. The van der Waals surface area contributed by atoms with E-state index in [9.17, 15) is 9.18 Å². The maximum absolute atomic E-state index is 13.2. The molecule has 3 atom stereocenters. The Morgan fingerprint density at radius 1 is 1.18 bits per heavy atom. The number of fused-ring (bicyclic) bond motifs is 2. The summed E-state index contributed by atoms with van der Waals surface area (Å²) < 4.78 is 20.2. The van der Waals surface area contributed by atoms with Crippen LogP contribution in [0.1, 0.15) is 31.2 Å². The number of anilines is 1. The van der Waals surface area contributed by atoms with Crippen molar-refractivity contribution in [1.29, 1.82) is 0 Å². The predicted octanol–water partition coefficient (Wildman–Crippen LogP) is 1.80. The number of thiophene rings is 1. The van der Waals surface area contributed by atoms with Gasteiger partial charge in [-0.2, -0.15) is 11.3 Å². The van der Waals surface area contributed by atoms with Crippen molar-refractivity contribution in [2.45, 2.75) is 50.4 Å². The first-order valence-corrected chi connectivity index (χ1v) is 10.5. The molecule has 2 fully saturated rings. The van der Waals surface area contributed by atoms with Gasteiger partial charge in [0.2, 0.25) is 0 Å². The smallest absolute Gasteiger partial charge is 0.414 e. The van der Waals surface area contributed by atoms with Crippen molar-refractivity contribution >= 4 is 23.1 Å². The minimum absolute atomic E-state index is 0. The molecule has 152 valence electrons. The summed E-state index contributed by atoms with van der Waals surface area (Å²) in [5.41, 5.74) is 1.70. The Balaban J connectivity index is 0.00000225. The van der Waals surface area contributed by atoms with Gasteiger partial charge in [-0.1, -0.05) is 12.1 Å². The van der Waals surface area contributed by atoms with Crippen LogP contribution < -0.4 is 21.9 Å². The summed E-state index contributed by atoms with van der Waals surface area (Å²) in [5.74, 6) is -0.276. The van der Waals surface area contributed by atoms with Gasteiger partial charge in [0, 0.05) is 31.1 Å². The highest BCUT2D eigenvalue weighted by atomic mass is 79.9. The monoisotopic (exact) mass is 468 g/mol. The van der Waals surface area contributed by atoms with Crippen molar-refractivity contribution in [2.75, 3.05) is 19.0 Å². The van der Waals surface area contributed by atoms with Crippen molar-refractivity contribution in [3.05, 3.63) is 52.5 Å². The molecule has 1 amide bonds. The number of nitrogens with zero attached hydrogens (tertiary/aromatic N) is 2. The van der Waals surface area contributed by atoms with E-state index < -0.39 is 0 Å². The molecule has 1 unspecified atom stereocenters. The second-order valence-corrected chi connectivity index (χ2v) is 8.97. The van der Waals surface area contributed by atoms with Crippen LogP contribution in [-0.4, -0.2) is 42.9 Å². The van der Waals surface area contributed by atoms with Crippen molar-refractivity contribution in [2.24, 2.45) is 0 Å². The Morgan fingerprint density at radius 3 is 2.39 bits per heavy atom. The van der Waals surface area contributed by atoms with E-state index in [-0.39, 0.29) is 35.0 Å². The van der Waals surface area contributed by atoms with E-state index in [0.29, 0.717) is 18.6 Å². The fourth-order valence-electron chi connectivity index (χ4n) is 4.58. The van der Waals surface area contributed by atoms with Gasteiger partial charge in [0.1, 0.15) is 11.9 Å². The lowest BCUT2D eigenvalue weighted by Crippen LogP contribution is -3.00. The molecule has 7 heteroatoms. The number of piperidine rings is 1. The zero-order valence-corrected chi connectivity index (χ0v) is 18.6. The molecule has 2 aromatic rings. The summed E-state index contributed by atoms with van der Waals surface area (Å²) in [5, 5.41) is 3.89. The molecule has 0 N–H and O–H groups in total. The summed E-state index contributed by atoms with van der Waals surface area (Å²) in [4.78, 5) is 14.7. The second-order valence-electron chi connectivity index (χ2n) is 8.19. The number of quaternary nitrogens is 1. The zero-order chi connectivity index (χ0) is 19.0. The van der Waals surface area contributed by atoms with E-state index >= 15 is 0 Å². The molecule has 2 saturated heterocycles. The molecule has 28 heavy (non-hydrogen) atoms. The van der Waals surface area contributed by atoms with Crippen LogP contribution in [0.4, 0.5) is 14.9 Å². The van der Waals surface area contributed by atoms with Gasteiger partial charge in [0.05, 0.1) is 38.4 Å². The van der Waals surface area contributed by atoms with Crippen LogP contribution in [0.15, 0.2) is 41.1 Å². The maximum atomic E-state index is 13.2. The van der Waals surface area contributed by atoms with Crippen LogP contribution in [0, 0.1) is 5.82 Å². The Hall–Kier alpha value is -1.44. The molecule has 0 aliphatic carbocycles. The third-order valence-corrected chi connectivity index (χ3v) is 7.02. The number of carbonyl (C=O) groups is 1. The van der Waals surface area contributed by atoms with Crippen molar-refractivity contribution < 1.29 is 35.4 Å². The first-order valence-electron chi connectivity index (χ1n) is 9.51. The normalized spacial score (nSPS) is 25.0. The van der Waals surface area contributed by atoms with Crippen LogP contribution in [0.2, 0.25) is 0 Å². The van der Waals surface area contributed by atoms with Gasteiger partial charge in [0.25, 0.3) is 0 Å². The quantitative estimate of drug-likeness (QED) is 0.640. The molecular weight excluding hydrogens is 443 g/mol. The summed E-state index contributed by atoms with van der Waals surface area (Å²) >= 11 is 1.54. The van der Waals surface area contributed by atoms with Gasteiger partial charge in [-0.25, -0.2) is 9.18 Å². The van der Waals surface area contributed by atoms with Crippen LogP contribution in [0.3, 0.4) is 0 Å². The van der Waals surface area contributed by atoms with Gasteiger partial charge in [-0.05, 0) is 29.1 Å². The first-order chi connectivity index (χ1) is 12.9. The molecular formula is C21H26BrFN2O2S. The molecule has 1 aromatic heterocycles. The number of hydrogen-bond donors (Lipinski definition) is 0. The lowest BCUT2D eigenvalue weighted by Gasteiger charge is -2.44. The number of ether oxygens (including phenoxy) is 1. The molecule has 0 radical (unpaired) electrons. The number of carbonyl (C=O) groups excluding carboxylic acids is 1. The zero-order valence-electron chi connectivity index (χ0n) is 16.2. The van der Waals surface area contributed by atoms with Crippen molar-refractivity contribution in [3.8, 4) is 0 Å². The molecule has 0 spiro atoms. The topological polar surface area (TPSA) is 29.5 Å². The molecule has 4 rings (SSSR count). The van der Waals surface area contributed by atoms with Gasteiger partial charge in [0.15, 0.2) is 0 Å². The Labute approximate surface area is 180 Å². The highest BCUT2D eigenvalue weighted by Gasteiger charge is 2.50. The fraction of sp³-hybridized carbons (Fsp3) is 0.476. The standard InChI is InChI=1S/C21H26FN2O2S.BrH/c1-24(2)18-7-8-19(24)12-20(11-18)26-21(25)23(17-9-10-27-14-17)13-15-3-5-16(22)6-4-15;/h3-6,9-10,14,18-20H,7-8,11-13H2,1-2H3;1H/q+1;/p-1/t18-,19+,20?;. The van der Waals surface area contributed by atoms with Crippen LogP contribution >= 0.6 is 11.3 Å². The van der Waals surface area contributed by atoms with Crippen LogP contribution in [0.25, 0.3) is 0 Å². The largest absolute Gasteiger partial charge is 1.00 e. The van der Waals surface area contributed by atoms with Crippen molar-refractivity contribution in [3.63, 3.8) is 0 Å². The SMILES string of the molecule is C[N+]1(C)[C@@H]2CC[C@H]1CC(OC(=O)N(Cc1ccc(F)cc1)c1ccsc1)C2.[Br-]. The molecule has 2 aliphatic rings. The lowest BCUT2D eigenvalue weighted by molar-refractivity contribution is -0.931. The third kappa shape index (κ3) is 4.26. The molecule has 2 bridgehead atoms. The minimum Gasteiger partial charge on any atom is -1.00 e. The molecule has 2 aliphatic heterocycles. The summed E-state index contributed by atoms with van der Waals surface area (Å²) in [6.07, 6.45) is 3.97. The third-order valence-electron chi connectivity index (χ3n) is 6.34. The van der Waals surface area contributed by atoms with Crippen LogP contribution in [-0.2, 0) is 11.3 Å². The molecule has 3 heterocycles. The number of amides is 1. The van der Waals surface area contributed by atoms with E-state index in [4.69, 9.17) is 4.74 Å². The highest BCUT2D eigenvalue weighted by molar-refractivity contribution is 7.08. The van der Waals surface area contributed by atoms with E-state index in [2.05, 4.69) is 14.1 Å². The van der Waals surface area contributed by atoms with Gasteiger partial charge >= 0.3 is 6.09 Å². The summed E-state index contributed by atoms with van der Waals surface area (Å²) in [6, 6.07) is 9.34. The summed E-state index contributed by atoms with van der Waals surface area (Å²) in [7, 11) is 4.60. The molecule has 4 nitrogen and oxygen atoms in total. The van der Waals surface area contributed by atoms with Gasteiger partial charge in [-0.15, -0.1) is 0 Å². The second kappa shape index (κ2) is 8.51. The van der Waals surface area contributed by atoms with Crippen molar-refractivity contribution in [1.82, 2.24) is 0 Å². The van der Waals surface area contributed by atoms with E-state index in [1.165, 1.54) is 25.0 Å². The fourth-order valence-corrected chi connectivity index (χ4v) is 5.22. The maximum Gasteiger partial charge on any atom is 0.414 e. The lowest BCUT2D eigenvalue weighted by atomic mass is 9.98. The van der Waals surface area contributed by atoms with E-state index in [1.807, 2.05) is 16.8 Å².